The van der Waals surface area contributed by atoms with Crippen molar-refractivity contribution in [2.75, 3.05) is 6.61 Å². The molecule has 0 N–H and O–H groups in total. The van der Waals surface area contributed by atoms with Crippen LogP contribution in [0.15, 0.2) is 12.1 Å². The molecule has 1 aromatic heterocycles. The molecule has 0 aliphatic carbocycles. The van der Waals surface area contributed by atoms with Crippen molar-refractivity contribution in [3.05, 3.63) is 28.3 Å². The third kappa shape index (κ3) is 4.50. The Labute approximate surface area is 179 Å². The first-order valence-corrected chi connectivity index (χ1v) is 9.49. The van der Waals surface area contributed by atoms with Crippen LogP contribution in [-0.4, -0.2) is 52.4 Å². The molecule has 1 aliphatic heterocycles. The molecule has 9 nitrogen and oxygen atoms in total. The van der Waals surface area contributed by atoms with Gasteiger partial charge in [0.2, 0.25) is 5.28 Å². The van der Waals surface area contributed by atoms with Crippen molar-refractivity contribution >= 4 is 52.1 Å². The molecule has 1 aromatic carbocycles. The van der Waals surface area contributed by atoms with Gasteiger partial charge in [-0.2, -0.15) is 0 Å². The molecule has 1 saturated heterocycles. The third-order valence-corrected chi connectivity index (χ3v) is 4.84. The first-order valence-electron chi connectivity index (χ1n) is 8.74. The van der Waals surface area contributed by atoms with Crippen LogP contribution in [0.4, 0.5) is 4.39 Å². The second-order valence-electron chi connectivity index (χ2n) is 6.52. The first-order chi connectivity index (χ1) is 14.1. The van der Waals surface area contributed by atoms with E-state index in [4.69, 9.17) is 42.1 Å². The highest BCUT2D eigenvalue weighted by Crippen LogP contribution is 2.39. The van der Waals surface area contributed by atoms with Crippen molar-refractivity contribution in [1.82, 2.24) is 9.55 Å². The van der Waals surface area contributed by atoms with Crippen molar-refractivity contribution in [2.45, 2.75) is 45.3 Å². The van der Waals surface area contributed by atoms with Crippen molar-refractivity contribution < 1.29 is 37.7 Å². The molecule has 12 heteroatoms. The second-order valence-corrected chi connectivity index (χ2v) is 7.27. The topological polar surface area (TPSA) is 106 Å². The molecule has 1 aliphatic rings. The maximum absolute atomic E-state index is 14.1. The molecule has 2 heterocycles. The van der Waals surface area contributed by atoms with Crippen LogP contribution in [0.5, 0.6) is 0 Å². The van der Waals surface area contributed by atoms with Crippen molar-refractivity contribution in [2.24, 2.45) is 0 Å². The van der Waals surface area contributed by atoms with Crippen LogP contribution < -0.4 is 0 Å². The number of halogens is 3. The monoisotopic (exact) mass is 462 g/mol. The molecule has 3 rings (SSSR count). The summed E-state index contributed by atoms with van der Waals surface area (Å²) in [6.07, 6.45) is -4.45. The SMILES string of the molecule is CC(=O)OC[C@H]1O[C@@H](n2c(Cl)nc3cc(Cl)c(F)cc32)[C@H](OC(C)=O)[C@@H]1OC(C)=O. The Balaban J connectivity index is 2.09. The van der Waals surface area contributed by atoms with E-state index in [1.165, 1.54) is 17.6 Å². The lowest BCUT2D eigenvalue weighted by Gasteiger charge is -2.24. The molecular formula is C18H17Cl2FN2O7. The number of rotatable bonds is 5. The lowest BCUT2D eigenvalue weighted by molar-refractivity contribution is -0.166. The molecule has 1 fully saturated rings. The summed E-state index contributed by atoms with van der Waals surface area (Å²) < 4.78 is 36.9. The predicted octanol–water partition coefficient (Wildman–Crippen LogP) is 2.81. The van der Waals surface area contributed by atoms with Gasteiger partial charge in [0.1, 0.15) is 18.5 Å². The summed E-state index contributed by atoms with van der Waals surface area (Å²) in [5.74, 6) is -2.67. The predicted molar refractivity (Wildman–Crippen MR) is 101 cm³/mol. The van der Waals surface area contributed by atoms with E-state index in [0.29, 0.717) is 0 Å². The van der Waals surface area contributed by atoms with E-state index in [0.717, 1.165) is 19.9 Å². The van der Waals surface area contributed by atoms with Crippen molar-refractivity contribution in [1.29, 1.82) is 0 Å². The fourth-order valence-electron chi connectivity index (χ4n) is 3.20. The number of hydrogen-bond acceptors (Lipinski definition) is 8. The molecule has 162 valence electrons. The average Bonchev–Trinajstić information content (AvgIpc) is 3.10. The Bertz CT molecular complexity index is 1010. The van der Waals surface area contributed by atoms with E-state index in [1.54, 1.807) is 0 Å². The Kier molecular flexibility index (Phi) is 6.49. The van der Waals surface area contributed by atoms with Gasteiger partial charge in [-0.05, 0) is 17.7 Å². The lowest BCUT2D eigenvalue weighted by atomic mass is 10.1. The molecule has 0 radical (unpaired) electrons. The van der Waals surface area contributed by atoms with Gasteiger partial charge in [0.05, 0.1) is 16.1 Å². The molecule has 4 atom stereocenters. The summed E-state index contributed by atoms with van der Waals surface area (Å²) in [6.45, 7) is 3.24. The molecule has 2 aromatic rings. The van der Waals surface area contributed by atoms with Crippen LogP contribution in [-0.2, 0) is 33.3 Å². The van der Waals surface area contributed by atoms with Crippen LogP contribution in [0.3, 0.4) is 0 Å². The van der Waals surface area contributed by atoms with Crippen molar-refractivity contribution in [3.8, 4) is 0 Å². The molecule has 30 heavy (non-hydrogen) atoms. The molecular weight excluding hydrogens is 446 g/mol. The van der Waals surface area contributed by atoms with E-state index in [2.05, 4.69) is 4.98 Å². The van der Waals surface area contributed by atoms with Gasteiger partial charge >= 0.3 is 17.9 Å². The number of ether oxygens (including phenoxy) is 4. The highest BCUT2D eigenvalue weighted by Gasteiger charge is 2.51. The zero-order valence-electron chi connectivity index (χ0n) is 16.1. The Morgan fingerprint density at radius 1 is 1.10 bits per heavy atom. The number of imidazole rings is 1. The summed E-state index contributed by atoms with van der Waals surface area (Å²) in [7, 11) is 0. The quantitative estimate of drug-likeness (QED) is 0.493. The highest BCUT2D eigenvalue weighted by molar-refractivity contribution is 6.32. The van der Waals surface area contributed by atoms with E-state index in [1.807, 2.05) is 0 Å². The normalized spacial score (nSPS) is 23.4. The van der Waals surface area contributed by atoms with Crippen molar-refractivity contribution in [3.63, 3.8) is 0 Å². The molecule has 0 amide bonds. The van der Waals surface area contributed by atoms with Crippen LogP contribution >= 0.6 is 23.2 Å². The number of hydrogen-bond donors (Lipinski definition) is 0. The standard InChI is InChI=1S/C18H17Cl2FN2O7/c1-7(24)27-6-14-15(28-8(2)25)16(29-9(3)26)17(30-14)23-13-5-11(21)10(19)4-12(13)22-18(23)20/h4-5,14-17H,6H2,1-3H3/t14-,15-,16-,17-/m1/s1. The van der Waals surface area contributed by atoms with Crippen LogP contribution in [0, 0.1) is 5.82 Å². The Morgan fingerprint density at radius 3 is 2.33 bits per heavy atom. The number of benzene rings is 1. The molecule has 0 spiro atoms. The van der Waals surface area contributed by atoms with Gasteiger partial charge in [-0.1, -0.05) is 11.6 Å². The Morgan fingerprint density at radius 2 is 1.73 bits per heavy atom. The van der Waals surface area contributed by atoms with Gasteiger partial charge in [-0.3, -0.25) is 19.0 Å². The van der Waals surface area contributed by atoms with E-state index in [-0.39, 0.29) is 27.9 Å². The zero-order valence-corrected chi connectivity index (χ0v) is 17.6. The van der Waals surface area contributed by atoms with E-state index >= 15 is 0 Å². The number of carbonyl (C=O) groups is 3. The third-order valence-electron chi connectivity index (χ3n) is 4.28. The highest BCUT2D eigenvalue weighted by atomic mass is 35.5. The summed E-state index contributed by atoms with van der Waals surface area (Å²) in [4.78, 5) is 38.7. The second kappa shape index (κ2) is 8.75. The number of carbonyl (C=O) groups excluding carboxylic acids is 3. The number of aromatic nitrogens is 2. The molecule has 0 bridgehead atoms. The minimum Gasteiger partial charge on any atom is -0.463 e. The van der Waals surface area contributed by atoms with E-state index < -0.39 is 48.3 Å². The zero-order chi connectivity index (χ0) is 22.2. The maximum atomic E-state index is 14.1. The van der Waals surface area contributed by atoms with Gasteiger partial charge in [0.15, 0.2) is 18.4 Å². The maximum Gasteiger partial charge on any atom is 0.303 e. The van der Waals surface area contributed by atoms with Gasteiger partial charge < -0.3 is 18.9 Å². The minimum absolute atomic E-state index is 0.108. The summed E-state index contributed by atoms with van der Waals surface area (Å²) in [5, 5.41) is -0.262. The number of fused-ring (bicyclic) bond motifs is 1. The molecule has 0 saturated carbocycles. The number of esters is 3. The first kappa shape index (κ1) is 22.3. The van der Waals surface area contributed by atoms with Gasteiger partial charge in [-0.15, -0.1) is 0 Å². The molecule has 0 unspecified atom stereocenters. The fraction of sp³-hybridized carbons (Fsp3) is 0.444. The smallest absolute Gasteiger partial charge is 0.303 e. The van der Waals surface area contributed by atoms with Gasteiger partial charge in [0.25, 0.3) is 0 Å². The van der Waals surface area contributed by atoms with Crippen LogP contribution in [0.25, 0.3) is 11.0 Å². The fourth-order valence-corrected chi connectivity index (χ4v) is 3.64. The minimum atomic E-state index is -1.18. The summed E-state index contributed by atoms with van der Waals surface area (Å²) >= 11 is 12.1. The lowest BCUT2D eigenvalue weighted by Crippen LogP contribution is -2.40. The van der Waals surface area contributed by atoms with Gasteiger partial charge in [-0.25, -0.2) is 9.37 Å². The summed E-state index contributed by atoms with van der Waals surface area (Å²) in [5.41, 5.74) is 0.475. The summed E-state index contributed by atoms with van der Waals surface area (Å²) in [6, 6.07) is 2.38. The van der Waals surface area contributed by atoms with Gasteiger partial charge in [0, 0.05) is 26.8 Å². The number of nitrogens with zero attached hydrogens (tertiary/aromatic N) is 2. The van der Waals surface area contributed by atoms with Crippen LogP contribution in [0.1, 0.15) is 27.0 Å². The largest absolute Gasteiger partial charge is 0.463 e. The average molecular weight is 463 g/mol. The van der Waals surface area contributed by atoms with E-state index in [9.17, 15) is 18.8 Å². The van der Waals surface area contributed by atoms with Crippen LogP contribution in [0.2, 0.25) is 10.3 Å². The Hall–Kier alpha value is -2.43.